The lowest BCUT2D eigenvalue weighted by atomic mass is 10.1. The van der Waals surface area contributed by atoms with Crippen molar-refractivity contribution in [3.05, 3.63) is 71.3 Å². The monoisotopic (exact) mass is 205 g/mol. The van der Waals surface area contributed by atoms with Gasteiger partial charge in [-0.1, -0.05) is 30.0 Å². The minimum atomic E-state index is 0.547. The molecule has 0 unspecified atom stereocenters. The Balaban J connectivity index is 2.21. The molecule has 0 amide bonds. The average Bonchev–Trinajstić information content (AvgIpc) is 2.38. The molecule has 2 aromatic rings. The van der Waals surface area contributed by atoms with Crippen LogP contribution < -0.4 is 0 Å². The lowest BCUT2D eigenvalue weighted by molar-refractivity contribution is 0.563. The van der Waals surface area contributed by atoms with Crippen LogP contribution >= 0.6 is 0 Å². The highest BCUT2D eigenvalue weighted by molar-refractivity contribution is 5.75. The molecule has 0 saturated heterocycles. The number of rotatable bonds is 1. The highest BCUT2D eigenvalue weighted by atomic mass is 16.1. The largest absolute Gasteiger partial charge is 0.285 e. The van der Waals surface area contributed by atoms with Gasteiger partial charge in [0.1, 0.15) is 0 Å². The van der Waals surface area contributed by atoms with Crippen LogP contribution in [0.1, 0.15) is 16.7 Å². The number of hydrogen-bond donors (Lipinski definition) is 0. The number of carbonyl (C=O) groups excluding carboxylic acids is 1. The molecule has 2 aromatic carbocycles. The molecule has 75 valence electrons. The summed E-state index contributed by atoms with van der Waals surface area (Å²) in [5.74, 6) is 6.08. The summed E-state index contributed by atoms with van der Waals surface area (Å²) in [5.41, 5.74) is 2.42. The quantitative estimate of drug-likeness (QED) is 0.654. The van der Waals surface area contributed by atoms with E-state index in [0.29, 0.717) is 5.56 Å². The van der Waals surface area contributed by atoms with Crippen molar-refractivity contribution >= 4 is 6.29 Å². The fourth-order valence-corrected chi connectivity index (χ4v) is 1.29. The van der Waals surface area contributed by atoms with Gasteiger partial charge >= 0.3 is 0 Å². The van der Waals surface area contributed by atoms with Gasteiger partial charge in [0.2, 0.25) is 6.29 Å². The predicted molar refractivity (Wildman–Crippen MR) is 63.7 cm³/mol. The zero-order valence-corrected chi connectivity index (χ0v) is 8.60. The first kappa shape index (κ1) is 10.2. The topological polar surface area (TPSA) is 17.1 Å². The van der Waals surface area contributed by atoms with Crippen LogP contribution in [-0.4, -0.2) is 6.29 Å². The molecular formula is C15H9O. The molecular weight excluding hydrogens is 196 g/mol. The lowest BCUT2D eigenvalue weighted by Gasteiger charge is -1.90. The first-order valence-corrected chi connectivity index (χ1v) is 4.94. The second kappa shape index (κ2) is 4.95. The van der Waals surface area contributed by atoms with Crippen molar-refractivity contribution in [1.82, 2.24) is 0 Å². The molecule has 0 N–H and O–H groups in total. The van der Waals surface area contributed by atoms with Gasteiger partial charge in [-0.2, -0.15) is 0 Å². The minimum absolute atomic E-state index is 0.547. The maximum absolute atomic E-state index is 10.3. The molecule has 1 nitrogen and oxygen atoms in total. The SMILES string of the molecule is O=[C]c1ccc(C#Cc2ccccc2)cc1. The fourth-order valence-electron chi connectivity index (χ4n) is 1.29. The minimum Gasteiger partial charge on any atom is -0.285 e. The van der Waals surface area contributed by atoms with Gasteiger partial charge < -0.3 is 0 Å². The van der Waals surface area contributed by atoms with Gasteiger partial charge in [0.25, 0.3) is 0 Å². The summed E-state index contributed by atoms with van der Waals surface area (Å²) < 4.78 is 0. The fraction of sp³-hybridized carbons (Fsp3) is 0. The van der Waals surface area contributed by atoms with E-state index >= 15 is 0 Å². The molecule has 0 atom stereocenters. The van der Waals surface area contributed by atoms with E-state index in [0.717, 1.165) is 11.1 Å². The van der Waals surface area contributed by atoms with E-state index in [1.54, 1.807) is 12.1 Å². The van der Waals surface area contributed by atoms with E-state index in [1.165, 1.54) is 0 Å². The Morgan fingerprint density at radius 2 is 1.12 bits per heavy atom. The Kier molecular flexibility index (Phi) is 3.15. The zero-order valence-electron chi connectivity index (χ0n) is 8.60. The third-order valence-corrected chi connectivity index (χ3v) is 2.13. The van der Waals surface area contributed by atoms with Crippen molar-refractivity contribution in [1.29, 1.82) is 0 Å². The van der Waals surface area contributed by atoms with Crippen molar-refractivity contribution in [2.75, 3.05) is 0 Å². The maximum Gasteiger partial charge on any atom is 0.233 e. The summed E-state index contributed by atoms with van der Waals surface area (Å²) >= 11 is 0. The molecule has 0 heterocycles. The molecule has 0 aromatic heterocycles. The molecule has 0 fully saturated rings. The van der Waals surface area contributed by atoms with E-state index in [4.69, 9.17) is 0 Å². The summed E-state index contributed by atoms with van der Waals surface area (Å²) in [6.45, 7) is 0. The van der Waals surface area contributed by atoms with Crippen LogP contribution in [-0.2, 0) is 4.79 Å². The van der Waals surface area contributed by atoms with E-state index in [2.05, 4.69) is 11.8 Å². The van der Waals surface area contributed by atoms with Crippen LogP contribution in [0.3, 0.4) is 0 Å². The lowest BCUT2D eigenvalue weighted by Crippen LogP contribution is -1.80. The summed E-state index contributed by atoms with van der Waals surface area (Å²) in [6, 6.07) is 16.8. The molecule has 0 spiro atoms. The van der Waals surface area contributed by atoms with Gasteiger partial charge in [-0.05, 0) is 36.4 Å². The Hall–Kier alpha value is -2.33. The third-order valence-electron chi connectivity index (χ3n) is 2.13. The van der Waals surface area contributed by atoms with Crippen LogP contribution in [0.15, 0.2) is 54.6 Å². The van der Waals surface area contributed by atoms with Crippen molar-refractivity contribution in [3.8, 4) is 11.8 Å². The molecule has 1 heteroatoms. The van der Waals surface area contributed by atoms with Crippen molar-refractivity contribution in [2.24, 2.45) is 0 Å². The highest BCUT2D eigenvalue weighted by Gasteiger charge is 1.90. The van der Waals surface area contributed by atoms with Crippen LogP contribution in [0.5, 0.6) is 0 Å². The summed E-state index contributed by atoms with van der Waals surface area (Å²) in [7, 11) is 0. The van der Waals surface area contributed by atoms with Crippen LogP contribution in [0.4, 0.5) is 0 Å². The maximum atomic E-state index is 10.3. The van der Waals surface area contributed by atoms with Gasteiger partial charge in [0.15, 0.2) is 0 Å². The summed E-state index contributed by atoms with van der Waals surface area (Å²) in [5, 5.41) is 0. The molecule has 0 aliphatic carbocycles. The Morgan fingerprint density at radius 1 is 0.625 bits per heavy atom. The van der Waals surface area contributed by atoms with Gasteiger partial charge in [-0.25, -0.2) is 0 Å². The van der Waals surface area contributed by atoms with Crippen molar-refractivity contribution in [3.63, 3.8) is 0 Å². The van der Waals surface area contributed by atoms with Crippen LogP contribution in [0, 0.1) is 11.8 Å². The highest BCUT2D eigenvalue weighted by Crippen LogP contribution is 2.01. The van der Waals surface area contributed by atoms with Gasteiger partial charge in [0.05, 0.1) is 0 Å². The summed E-state index contributed by atoms with van der Waals surface area (Å²) in [6.07, 6.45) is 1.83. The van der Waals surface area contributed by atoms with E-state index in [1.807, 2.05) is 48.8 Å². The average molecular weight is 205 g/mol. The molecule has 2 rings (SSSR count). The Labute approximate surface area is 94.7 Å². The normalized spacial score (nSPS) is 9.00. The Morgan fingerprint density at radius 3 is 1.69 bits per heavy atom. The molecule has 16 heavy (non-hydrogen) atoms. The van der Waals surface area contributed by atoms with E-state index in [9.17, 15) is 4.79 Å². The summed E-state index contributed by atoms with van der Waals surface area (Å²) in [4.78, 5) is 10.3. The molecule has 0 bridgehead atoms. The molecule has 1 radical (unpaired) electrons. The van der Waals surface area contributed by atoms with Crippen molar-refractivity contribution < 1.29 is 4.79 Å². The van der Waals surface area contributed by atoms with E-state index in [-0.39, 0.29) is 0 Å². The van der Waals surface area contributed by atoms with Crippen molar-refractivity contribution in [2.45, 2.75) is 0 Å². The van der Waals surface area contributed by atoms with Gasteiger partial charge in [0, 0.05) is 16.7 Å². The second-order valence-electron chi connectivity index (χ2n) is 3.30. The number of hydrogen-bond acceptors (Lipinski definition) is 1. The van der Waals surface area contributed by atoms with Gasteiger partial charge in [-0.15, -0.1) is 0 Å². The van der Waals surface area contributed by atoms with Gasteiger partial charge in [-0.3, -0.25) is 4.79 Å². The zero-order chi connectivity index (χ0) is 11.2. The van der Waals surface area contributed by atoms with Crippen LogP contribution in [0.25, 0.3) is 0 Å². The third kappa shape index (κ3) is 2.59. The molecule has 0 aliphatic rings. The second-order valence-corrected chi connectivity index (χ2v) is 3.30. The first-order chi connectivity index (χ1) is 7.88. The number of benzene rings is 2. The van der Waals surface area contributed by atoms with Crippen LogP contribution in [0.2, 0.25) is 0 Å². The molecule has 0 saturated carbocycles. The standard InChI is InChI=1S/C15H9O/c16-12-15-10-8-14(9-11-15)7-6-13-4-2-1-3-5-13/h1-5,8-11H. The predicted octanol–water partition coefficient (Wildman–Crippen LogP) is 2.54. The Bertz CT molecular complexity index is 527. The smallest absolute Gasteiger partial charge is 0.233 e. The first-order valence-electron chi connectivity index (χ1n) is 4.94. The van der Waals surface area contributed by atoms with E-state index < -0.39 is 0 Å². The molecule has 0 aliphatic heterocycles.